The van der Waals surface area contributed by atoms with E-state index in [1.54, 1.807) is 29.2 Å². The molecule has 1 unspecified atom stereocenters. The summed E-state index contributed by atoms with van der Waals surface area (Å²) in [5, 5.41) is 3.01. The largest absolute Gasteiger partial charge is 0.489 e. The van der Waals surface area contributed by atoms with Gasteiger partial charge in [0.25, 0.3) is 5.91 Å². The van der Waals surface area contributed by atoms with Crippen molar-refractivity contribution in [2.75, 3.05) is 6.54 Å². The van der Waals surface area contributed by atoms with Crippen LogP contribution in [0.2, 0.25) is 0 Å². The third-order valence-electron chi connectivity index (χ3n) is 5.95. The predicted octanol–water partition coefficient (Wildman–Crippen LogP) is 5.26. The standard InChI is InChI=1S/C28H29FN2O3/c1-19(2)15-16-30-27(32)26-24-9-5-6-10-25(24)34-18-21-7-3-4-8-23(21)28(33)31(26)17-20-11-13-22(29)14-12-20/h3-14,19,26H,15-18H2,1-2H3,(H,30,32). The van der Waals surface area contributed by atoms with E-state index in [-0.39, 0.29) is 30.8 Å². The van der Waals surface area contributed by atoms with E-state index in [1.165, 1.54) is 12.1 Å². The highest BCUT2D eigenvalue weighted by molar-refractivity contribution is 5.99. The Balaban J connectivity index is 1.82. The normalized spacial score (nSPS) is 15.5. The molecule has 0 aliphatic carbocycles. The van der Waals surface area contributed by atoms with Crippen LogP contribution in [0.5, 0.6) is 5.75 Å². The summed E-state index contributed by atoms with van der Waals surface area (Å²) >= 11 is 0. The van der Waals surface area contributed by atoms with E-state index in [4.69, 9.17) is 4.74 Å². The maximum absolute atomic E-state index is 13.9. The van der Waals surface area contributed by atoms with Crippen LogP contribution in [0.25, 0.3) is 0 Å². The van der Waals surface area contributed by atoms with Gasteiger partial charge < -0.3 is 15.0 Å². The zero-order valence-electron chi connectivity index (χ0n) is 19.5. The van der Waals surface area contributed by atoms with E-state index in [2.05, 4.69) is 19.2 Å². The fourth-order valence-corrected chi connectivity index (χ4v) is 4.10. The van der Waals surface area contributed by atoms with Gasteiger partial charge in [0.1, 0.15) is 24.2 Å². The number of rotatable bonds is 6. The second-order valence-electron chi connectivity index (χ2n) is 8.92. The molecular weight excluding hydrogens is 431 g/mol. The number of hydrogen-bond acceptors (Lipinski definition) is 3. The lowest BCUT2D eigenvalue weighted by Crippen LogP contribution is -2.44. The number of nitrogens with one attached hydrogen (secondary N) is 1. The van der Waals surface area contributed by atoms with Crippen molar-refractivity contribution < 1.29 is 18.7 Å². The number of amides is 2. The van der Waals surface area contributed by atoms with Crippen LogP contribution in [0.1, 0.15) is 53.4 Å². The van der Waals surface area contributed by atoms with Gasteiger partial charge in [-0.1, -0.05) is 62.4 Å². The van der Waals surface area contributed by atoms with E-state index in [0.717, 1.165) is 17.5 Å². The fourth-order valence-electron chi connectivity index (χ4n) is 4.10. The van der Waals surface area contributed by atoms with Crippen molar-refractivity contribution in [1.82, 2.24) is 10.2 Å². The second-order valence-corrected chi connectivity index (χ2v) is 8.92. The van der Waals surface area contributed by atoms with Crippen molar-refractivity contribution >= 4 is 11.8 Å². The molecule has 1 atom stereocenters. The molecule has 1 aliphatic heterocycles. The monoisotopic (exact) mass is 460 g/mol. The Labute approximate surface area is 199 Å². The molecule has 0 saturated carbocycles. The van der Waals surface area contributed by atoms with Gasteiger partial charge in [-0.2, -0.15) is 0 Å². The summed E-state index contributed by atoms with van der Waals surface area (Å²) in [6.07, 6.45) is 0.825. The van der Waals surface area contributed by atoms with Gasteiger partial charge in [0.15, 0.2) is 0 Å². The summed E-state index contributed by atoms with van der Waals surface area (Å²) in [6, 6.07) is 19.7. The third kappa shape index (κ3) is 5.28. The molecule has 3 aromatic rings. The Morgan fingerprint density at radius 1 is 1.06 bits per heavy atom. The minimum absolute atomic E-state index is 0.143. The number of carbonyl (C=O) groups is 2. The predicted molar refractivity (Wildman–Crippen MR) is 129 cm³/mol. The van der Waals surface area contributed by atoms with Gasteiger partial charge in [-0.05, 0) is 42.2 Å². The molecular formula is C28H29FN2O3. The molecule has 0 fully saturated rings. The number of fused-ring (bicyclic) bond motifs is 2. The molecule has 2 amide bonds. The highest BCUT2D eigenvalue weighted by Crippen LogP contribution is 2.34. The van der Waals surface area contributed by atoms with E-state index >= 15 is 0 Å². The van der Waals surface area contributed by atoms with Crippen LogP contribution in [0.15, 0.2) is 72.8 Å². The molecule has 0 radical (unpaired) electrons. The molecule has 0 spiro atoms. The minimum atomic E-state index is -0.910. The average molecular weight is 461 g/mol. The smallest absolute Gasteiger partial charge is 0.255 e. The van der Waals surface area contributed by atoms with E-state index in [9.17, 15) is 14.0 Å². The summed E-state index contributed by atoms with van der Waals surface area (Å²) in [6.45, 7) is 5.05. The Morgan fingerprint density at radius 3 is 2.53 bits per heavy atom. The van der Waals surface area contributed by atoms with Crippen LogP contribution in [0.4, 0.5) is 4.39 Å². The van der Waals surface area contributed by atoms with Crippen LogP contribution in [0.3, 0.4) is 0 Å². The first-order chi connectivity index (χ1) is 16.4. The lowest BCUT2D eigenvalue weighted by molar-refractivity contribution is -0.126. The van der Waals surface area contributed by atoms with Crippen LogP contribution in [-0.2, 0) is 17.9 Å². The molecule has 6 heteroatoms. The van der Waals surface area contributed by atoms with Crippen LogP contribution in [0, 0.1) is 11.7 Å². The summed E-state index contributed by atoms with van der Waals surface area (Å²) in [4.78, 5) is 29.1. The van der Waals surface area contributed by atoms with Crippen LogP contribution in [-0.4, -0.2) is 23.3 Å². The quantitative estimate of drug-likeness (QED) is 0.546. The van der Waals surface area contributed by atoms with Gasteiger partial charge in [-0.3, -0.25) is 9.59 Å². The van der Waals surface area contributed by atoms with Crippen molar-refractivity contribution in [3.8, 4) is 5.75 Å². The number of hydrogen-bond donors (Lipinski definition) is 1. The van der Waals surface area contributed by atoms with Gasteiger partial charge in [0, 0.05) is 29.8 Å². The number of carbonyl (C=O) groups excluding carboxylic acids is 2. The van der Waals surface area contributed by atoms with Crippen molar-refractivity contribution in [3.63, 3.8) is 0 Å². The van der Waals surface area contributed by atoms with Gasteiger partial charge in [-0.25, -0.2) is 4.39 Å². The van der Waals surface area contributed by atoms with Gasteiger partial charge >= 0.3 is 0 Å². The lowest BCUT2D eigenvalue weighted by atomic mass is 10.00. The molecule has 176 valence electrons. The molecule has 0 saturated heterocycles. The first kappa shape index (κ1) is 23.5. The molecule has 1 aliphatic rings. The Morgan fingerprint density at radius 2 is 1.76 bits per heavy atom. The van der Waals surface area contributed by atoms with Gasteiger partial charge in [0.05, 0.1) is 0 Å². The van der Waals surface area contributed by atoms with Crippen LogP contribution < -0.4 is 10.1 Å². The first-order valence-corrected chi connectivity index (χ1v) is 11.6. The van der Waals surface area contributed by atoms with Crippen molar-refractivity contribution in [2.24, 2.45) is 5.92 Å². The highest BCUT2D eigenvalue weighted by Gasteiger charge is 2.35. The topological polar surface area (TPSA) is 58.6 Å². The molecule has 3 aromatic carbocycles. The zero-order valence-corrected chi connectivity index (χ0v) is 19.5. The van der Waals surface area contributed by atoms with E-state index < -0.39 is 6.04 Å². The second kappa shape index (κ2) is 10.5. The maximum atomic E-state index is 13.9. The van der Waals surface area contributed by atoms with E-state index in [1.807, 2.05) is 36.4 Å². The Bertz CT molecular complexity index is 1160. The first-order valence-electron chi connectivity index (χ1n) is 11.6. The summed E-state index contributed by atoms with van der Waals surface area (Å²) in [7, 11) is 0. The third-order valence-corrected chi connectivity index (χ3v) is 5.95. The fraction of sp³-hybridized carbons (Fsp3) is 0.286. The van der Waals surface area contributed by atoms with Gasteiger partial charge in [0.2, 0.25) is 5.91 Å². The number of benzene rings is 3. The maximum Gasteiger partial charge on any atom is 0.255 e. The number of para-hydroxylation sites is 1. The SMILES string of the molecule is CC(C)CCNC(=O)C1c2ccccc2OCc2ccccc2C(=O)N1Cc1ccc(F)cc1. The molecule has 1 N–H and O–H groups in total. The lowest BCUT2D eigenvalue weighted by Gasteiger charge is -2.32. The molecule has 4 rings (SSSR count). The molecule has 0 bridgehead atoms. The summed E-state index contributed by atoms with van der Waals surface area (Å²) in [5.74, 6) is 0.0859. The summed E-state index contributed by atoms with van der Waals surface area (Å²) in [5.41, 5.74) is 2.57. The zero-order chi connectivity index (χ0) is 24.1. The van der Waals surface area contributed by atoms with Crippen molar-refractivity contribution in [2.45, 2.75) is 39.5 Å². The number of nitrogens with zero attached hydrogens (tertiary/aromatic N) is 1. The van der Waals surface area contributed by atoms with E-state index in [0.29, 0.717) is 29.3 Å². The van der Waals surface area contributed by atoms with Crippen molar-refractivity contribution in [1.29, 1.82) is 0 Å². The van der Waals surface area contributed by atoms with Crippen LogP contribution >= 0.6 is 0 Å². The summed E-state index contributed by atoms with van der Waals surface area (Å²) < 4.78 is 19.7. The Hall–Kier alpha value is -3.67. The molecule has 34 heavy (non-hydrogen) atoms. The average Bonchev–Trinajstić information content (AvgIpc) is 2.88. The minimum Gasteiger partial charge on any atom is -0.489 e. The number of ether oxygens (including phenoxy) is 1. The highest BCUT2D eigenvalue weighted by atomic mass is 19.1. The Kier molecular flexibility index (Phi) is 7.26. The molecule has 5 nitrogen and oxygen atoms in total. The van der Waals surface area contributed by atoms with Crippen molar-refractivity contribution in [3.05, 3.63) is 101 Å². The number of halogens is 1. The molecule has 1 heterocycles. The molecule has 0 aromatic heterocycles. The van der Waals surface area contributed by atoms with Gasteiger partial charge in [-0.15, -0.1) is 0 Å².